The number of carboxylic acid groups (broad SMARTS) is 1. The monoisotopic (exact) mass is 433 g/mol. The van der Waals surface area contributed by atoms with Gasteiger partial charge in [0.2, 0.25) is 5.91 Å². The fourth-order valence-electron chi connectivity index (χ4n) is 4.26. The highest BCUT2D eigenvalue weighted by molar-refractivity contribution is 5.87. The number of amides is 1. The molecule has 1 amide bonds. The molecule has 1 aliphatic rings. The Balaban J connectivity index is 0.00000320. The number of likely N-dealkylation sites (tertiary alicyclic amines) is 1. The lowest BCUT2D eigenvalue weighted by Crippen LogP contribution is -2.51. The lowest BCUT2D eigenvalue weighted by molar-refractivity contribution is -0.138. The molecule has 0 aliphatic carbocycles. The first kappa shape index (κ1) is 24.1. The van der Waals surface area contributed by atoms with Crippen LogP contribution in [0.15, 0.2) is 42.5 Å². The fourth-order valence-corrected chi connectivity index (χ4v) is 4.26. The summed E-state index contributed by atoms with van der Waals surface area (Å²) >= 11 is 0. The summed E-state index contributed by atoms with van der Waals surface area (Å²) in [4.78, 5) is 27.9. The summed E-state index contributed by atoms with van der Waals surface area (Å²) < 4.78 is 0. The fraction of sp³-hybridized carbons (Fsp3) is 0.478. The van der Waals surface area contributed by atoms with Crippen LogP contribution in [0.5, 0.6) is 0 Å². The second-order valence-electron chi connectivity index (χ2n) is 8.05. The van der Waals surface area contributed by atoms with Gasteiger partial charge in [0, 0.05) is 19.1 Å². The smallest absolute Gasteiger partial charge is 0.317 e. The minimum Gasteiger partial charge on any atom is -0.480 e. The van der Waals surface area contributed by atoms with Gasteiger partial charge in [-0.05, 0) is 50.1 Å². The average molecular weight is 434 g/mol. The van der Waals surface area contributed by atoms with E-state index in [2.05, 4.69) is 34.5 Å². The van der Waals surface area contributed by atoms with Crippen molar-refractivity contribution in [3.63, 3.8) is 0 Å². The van der Waals surface area contributed by atoms with E-state index >= 15 is 0 Å². The number of nitrogens with zero attached hydrogens (tertiary/aromatic N) is 2. The summed E-state index contributed by atoms with van der Waals surface area (Å²) in [5, 5.41) is 14.5. The summed E-state index contributed by atoms with van der Waals surface area (Å²) in [5.74, 6) is -0.770. The predicted molar refractivity (Wildman–Crippen MR) is 122 cm³/mol. The van der Waals surface area contributed by atoms with Crippen molar-refractivity contribution in [1.29, 1.82) is 0 Å². The Morgan fingerprint density at radius 2 is 1.77 bits per heavy atom. The summed E-state index contributed by atoms with van der Waals surface area (Å²) in [6.45, 7) is 5.63. The number of carboxylic acids is 1. The maximum absolute atomic E-state index is 12.9. The van der Waals surface area contributed by atoms with Crippen molar-refractivity contribution in [1.82, 2.24) is 15.1 Å². The van der Waals surface area contributed by atoms with Gasteiger partial charge < -0.3 is 10.4 Å². The molecule has 1 aliphatic heterocycles. The summed E-state index contributed by atoms with van der Waals surface area (Å²) in [5.41, 5.74) is 1.12. The predicted octanol–water partition coefficient (Wildman–Crippen LogP) is 3.31. The molecule has 2 N–H and O–H groups in total. The Labute approximate surface area is 184 Å². The molecule has 2 aromatic carbocycles. The molecule has 2 aromatic rings. The second kappa shape index (κ2) is 10.8. The summed E-state index contributed by atoms with van der Waals surface area (Å²) in [6.07, 6.45) is 1.75. The van der Waals surface area contributed by atoms with Crippen LogP contribution in [0.25, 0.3) is 10.8 Å². The largest absolute Gasteiger partial charge is 0.480 e. The number of halogens is 1. The SMILES string of the molecule is CC(NC(=O)C(C)N1CCC(N(C)CC(=O)O)CC1)c1cccc2ccccc12.Cl. The van der Waals surface area contributed by atoms with Crippen molar-refractivity contribution in [2.24, 2.45) is 0 Å². The normalized spacial score (nSPS) is 17.3. The third-order valence-electron chi connectivity index (χ3n) is 6.08. The summed E-state index contributed by atoms with van der Waals surface area (Å²) in [7, 11) is 1.86. The van der Waals surface area contributed by atoms with Crippen LogP contribution < -0.4 is 5.32 Å². The Morgan fingerprint density at radius 3 is 2.43 bits per heavy atom. The maximum Gasteiger partial charge on any atom is 0.317 e. The van der Waals surface area contributed by atoms with Gasteiger partial charge in [-0.1, -0.05) is 42.5 Å². The molecule has 3 rings (SSSR count). The number of carbonyl (C=O) groups excluding carboxylic acids is 1. The van der Waals surface area contributed by atoms with Gasteiger partial charge in [0.1, 0.15) is 0 Å². The van der Waals surface area contributed by atoms with Gasteiger partial charge in [0.05, 0.1) is 18.6 Å². The Kier molecular flexibility index (Phi) is 8.65. The maximum atomic E-state index is 12.9. The molecule has 2 unspecified atom stereocenters. The quantitative estimate of drug-likeness (QED) is 0.700. The van der Waals surface area contributed by atoms with Crippen molar-refractivity contribution >= 4 is 35.1 Å². The number of fused-ring (bicyclic) bond motifs is 1. The molecule has 1 saturated heterocycles. The first-order chi connectivity index (χ1) is 13.9. The molecule has 6 nitrogen and oxygen atoms in total. The van der Waals surface area contributed by atoms with Crippen LogP contribution in [0, 0.1) is 0 Å². The number of rotatable bonds is 7. The highest BCUT2D eigenvalue weighted by Crippen LogP contribution is 2.24. The van der Waals surface area contributed by atoms with E-state index in [0.717, 1.165) is 36.9 Å². The Bertz CT molecular complexity index is 862. The lowest BCUT2D eigenvalue weighted by atomic mass is 9.99. The molecule has 0 aromatic heterocycles. The van der Waals surface area contributed by atoms with Crippen molar-refractivity contribution in [2.75, 3.05) is 26.7 Å². The number of benzene rings is 2. The molecule has 1 heterocycles. The number of nitrogens with one attached hydrogen (secondary N) is 1. The molecule has 0 bridgehead atoms. The minimum atomic E-state index is -0.801. The van der Waals surface area contributed by atoms with Gasteiger partial charge in [-0.2, -0.15) is 0 Å². The molecular weight excluding hydrogens is 402 g/mol. The van der Waals surface area contributed by atoms with Gasteiger partial charge in [-0.3, -0.25) is 19.4 Å². The average Bonchev–Trinajstić information content (AvgIpc) is 2.72. The lowest BCUT2D eigenvalue weighted by Gasteiger charge is -2.38. The molecule has 30 heavy (non-hydrogen) atoms. The highest BCUT2D eigenvalue weighted by atomic mass is 35.5. The molecule has 7 heteroatoms. The van der Waals surface area contributed by atoms with E-state index in [0.29, 0.717) is 0 Å². The van der Waals surface area contributed by atoms with E-state index in [1.54, 1.807) is 0 Å². The molecule has 2 atom stereocenters. The molecule has 0 saturated carbocycles. The van der Waals surface area contributed by atoms with Gasteiger partial charge in [-0.15, -0.1) is 12.4 Å². The van der Waals surface area contributed by atoms with Crippen molar-refractivity contribution in [3.05, 3.63) is 48.0 Å². The number of aliphatic carboxylic acids is 1. The van der Waals surface area contributed by atoms with Crippen LogP contribution in [0.2, 0.25) is 0 Å². The van der Waals surface area contributed by atoms with E-state index in [1.165, 1.54) is 5.39 Å². The molecule has 164 valence electrons. The van der Waals surface area contributed by atoms with Crippen molar-refractivity contribution < 1.29 is 14.7 Å². The van der Waals surface area contributed by atoms with Crippen molar-refractivity contribution in [2.45, 2.75) is 44.8 Å². The number of hydrogen-bond donors (Lipinski definition) is 2. The van der Waals surface area contributed by atoms with Crippen LogP contribution >= 0.6 is 12.4 Å². The van der Waals surface area contributed by atoms with E-state index in [1.807, 2.05) is 44.0 Å². The summed E-state index contributed by atoms with van der Waals surface area (Å²) in [6, 6.07) is 14.4. The van der Waals surface area contributed by atoms with Crippen LogP contribution in [0.4, 0.5) is 0 Å². The molecule has 0 spiro atoms. The van der Waals surface area contributed by atoms with Crippen LogP contribution in [0.1, 0.15) is 38.3 Å². The zero-order chi connectivity index (χ0) is 21.0. The standard InChI is InChI=1S/C23H31N3O3.ClH/c1-16(20-10-6-8-18-7-4-5-9-21(18)20)24-23(29)17(2)26-13-11-19(12-14-26)25(3)15-22(27)28;/h4-10,16-17,19H,11-15H2,1-3H3,(H,24,29)(H,27,28);1H. The number of piperidine rings is 1. The molecule has 1 fully saturated rings. The number of carbonyl (C=O) groups is 2. The molecule has 0 radical (unpaired) electrons. The number of hydrogen-bond acceptors (Lipinski definition) is 4. The zero-order valence-corrected chi connectivity index (χ0v) is 18.7. The zero-order valence-electron chi connectivity index (χ0n) is 17.9. The van der Waals surface area contributed by atoms with Gasteiger partial charge in [0.25, 0.3) is 0 Å². The number of likely N-dealkylation sites (N-methyl/N-ethyl adjacent to an activating group) is 1. The first-order valence-electron chi connectivity index (χ1n) is 10.3. The molecular formula is C23H32ClN3O3. The first-order valence-corrected chi connectivity index (χ1v) is 10.3. The van der Waals surface area contributed by atoms with E-state index in [9.17, 15) is 9.59 Å². The second-order valence-corrected chi connectivity index (χ2v) is 8.05. The van der Waals surface area contributed by atoms with Gasteiger partial charge >= 0.3 is 5.97 Å². The van der Waals surface area contributed by atoms with E-state index in [-0.39, 0.29) is 43.0 Å². The van der Waals surface area contributed by atoms with Gasteiger partial charge in [0.15, 0.2) is 0 Å². The van der Waals surface area contributed by atoms with Crippen LogP contribution in [0.3, 0.4) is 0 Å². The van der Waals surface area contributed by atoms with E-state index < -0.39 is 5.97 Å². The Hall–Kier alpha value is -2.15. The van der Waals surface area contributed by atoms with Gasteiger partial charge in [-0.25, -0.2) is 0 Å². The van der Waals surface area contributed by atoms with Crippen LogP contribution in [-0.4, -0.2) is 65.5 Å². The third-order valence-corrected chi connectivity index (χ3v) is 6.08. The van der Waals surface area contributed by atoms with Crippen molar-refractivity contribution in [3.8, 4) is 0 Å². The third kappa shape index (κ3) is 5.72. The van der Waals surface area contributed by atoms with Crippen LogP contribution in [-0.2, 0) is 9.59 Å². The minimum absolute atomic E-state index is 0. The topological polar surface area (TPSA) is 72.9 Å². The highest BCUT2D eigenvalue weighted by Gasteiger charge is 2.29. The Morgan fingerprint density at radius 1 is 1.13 bits per heavy atom. The van der Waals surface area contributed by atoms with E-state index in [4.69, 9.17) is 5.11 Å².